The molecule has 1 aliphatic heterocycles. The molecule has 0 saturated carbocycles. The van der Waals surface area contributed by atoms with Gasteiger partial charge in [0.2, 0.25) is 0 Å². The summed E-state index contributed by atoms with van der Waals surface area (Å²) < 4.78 is 12.3. The highest BCUT2D eigenvalue weighted by atomic mass is 35.5. The zero-order valence-electron chi connectivity index (χ0n) is 14.4. The number of thiazole rings is 1. The molecule has 2 aromatic carbocycles. The first kappa shape index (κ1) is 16.9. The zero-order valence-corrected chi connectivity index (χ0v) is 16.0. The summed E-state index contributed by atoms with van der Waals surface area (Å²) >= 11 is 7.59. The maximum atomic E-state index is 6.00. The van der Waals surface area contributed by atoms with Gasteiger partial charge in [-0.2, -0.15) is 4.98 Å². The highest BCUT2D eigenvalue weighted by molar-refractivity contribution is 7.22. The summed E-state index contributed by atoms with van der Waals surface area (Å²) in [4.78, 5) is 11.5. The number of morpholine rings is 1. The van der Waals surface area contributed by atoms with Gasteiger partial charge in [-0.25, -0.2) is 4.98 Å². The van der Waals surface area contributed by atoms with E-state index in [1.807, 2.05) is 6.07 Å². The Bertz CT molecular complexity index is 1100. The standard InChI is InChI=1S/C19H17ClN4O2S/c20-13-2-4-16-15(10-13)21-18(26-16)23-19-22-14-3-1-12(9-17(14)27-19)11-24-5-7-25-8-6-24/h1-4,9-10H,5-8,11H2,(H,21,22,23). The fourth-order valence-electron chi connectivity index (χ4n) is 3.18. The lowest BCUT2D eigenvalue weighted by atomic mass is 10.2. The monoisotopic (exact) mass is 400 g/mol. The van der Waals surface area contributed by atoms with E-state index in [0.29, 0.717) is 16.6 Å². The average Bonchev–Trinajstić information content (AvgIpc) is 3.24. The van der Waals surface area contributed by atoms with Gasteiger partial charge >= 0.3 is 6.01 Å². The molecule has 3 heterocycles. The molecule has 4 aromatic rings. The molecule has 0 bridgehead atoms. The number of aromatic nitrogens is 2. The normalized spacial score (nSPS) is 15.6. The lowest BCUT2D eigenvalue weighted by molar-refractivity contribution is 0.0342. The van der Waals surface area contributed by atoms with E-state index in [1.54, 1.807) is 23.5 Å². The Morgan fingerprint density at radius 1 is 1.07 bits per heavy atom. The minimum atomic E-state index is 0.417. The fourth-order valence-corrected chi connectivity index (χ4v) is 4.27. The van der Waals surface area contributed by atoms with Crippen LogP contribution in [0.5, 0.6) is 0 Å². The summed E-state index contributed by atoms with van der Waals surface area (Å²) in [6.45, 7) is 4.52. The first-order valence-electron chi connectivity index (χ1n) is 8.76. The summed E-state index contributed by atoms with van der Waals surface area (Å²) in [5.74, 6) is 0. The van der Waals surface area contributed by atoms with Crippen LogP contribution in [0.25, 0.3) is 21.3 Å². The van der Waals surface area contributed by atoms with Crippen molar-refractivity contribution in [2.24, 2.45) is 0 Å². The number of rotatable bonds is 4. The van der Waals surface area contributed by atoms with Crippen LogP contribution in [0.1, 0.15) is 5.56 Å². The van der Waals surface area contributed by atoms with Crippen molar-refractivity contribution in [3.05, 3.63) is 47.0 Å². The van der Waals surface area contributed by atoms with Crippen molar-refractivity contribution < 1.29 is 9.15 Å². The summed E-state index contributed by atoms with van der Waals surface area (Å²) in [6.07, 6.45) is 0. The average molecular weight is 401 g/mol. The van der Waals surface area contributed by atoms with Crippen molar-refractivity contribution in [2.75, 3.05) is 31.6 Å². The minimum absolute atomic E-state index is 0.417. The first-order valence-corrected chi connectivity index (χ1v) is 9.95. The van der Waals surface area contributed by atoms with E-state index in [2.05, 4.69) is 38.4 Å². The van der Waals surface area contributed by atoms with Gasteiger partial charge in [0.1, 0.15) is 5.52 Å². The number of oxazole rings is 1. The van der Waals surface area contributed by atoms with Crippen LogP contribution in [0.3, 0.4) is 0 Å². The van der Waals surface area contributed by atoms with Gasteiger partial charge in [0.15, 0.2) is 10.7 Å². The SMILES string of the molecule is Clc1ccc2oc(Nc3nc4ccc(CN5CCOCC5)cc4s3)nc2c1. The van der Waals surface area contributed by atoms with Crippen LogP contribution < -0.4 is 5.32 Å². The van der Waals surface area contributed by atoms with E-state index >= 15 is 0 Å². The van der Waals surface area contributed by atoms with Crippen LogP contribution >= 0.6 is 22.9 Å². The van der Waals surface area contributed by atoms with E-state index in [9.17, 15) is 0 Å². The molecule has 1 fully saturated rings. The molecule has 1 saturated heterocycles. The van der Waals surface area contributed by atoms with Gasteiger partial charge in [-0.3, -0.25) is 10.2 Å². The molecular weight excluding hydrogens is 384 g/mol. The Morgan fingerprint density at radius 3 is 2.85 bits per heavy atom. The summed E-state index contributed by atoms with van der Waals surface area (Å²) in [5, 5.41) is 4.55. The van der Waals surface area contributed by atoms with Crippen LogP contribution in [-0.4, -0.2) is 41.2 Å². The number of nitrogens with one attached hydrogen (secondary N) is 1. The number of halogens is 1. The number of nitrogens with zero attached hydrogens (tertiary/aromatic N) is 3. The topological polar surface area (TPSA) is 63.4 Å². The second kappa shape index (κ2) is 7.09. The van der Waals surface area contributed by atoms with Crippen molar-refractivity contribution in [1.29, 1.82) is 0 Å². The highest BCUT2D eigenvalue weighted by Crippen LogP contribution is 2.30. The molecule has 0 amide bonds. The largest absolute Gasteiger partial charge is 0.423 e. The Morgan fingerprint density at radius 2 is 1.96 bits per heavy atom. The van der Waals surface area contributed by atoms with E-state index in [1.165, 1.54) is 5.56 Å². The van der Waals surface area contributed by atoms with Gasteiger partial charge in [0, 0.05) is 24.7 Å². The summed E-state index contributed by atoms with van der Waals surface area (Å²) in [6, 6.07) is 12.2. The second-order valence-corrected chi connectivity index (χ2v) is 7.93. The van der Waals surface area contributed by atoms with E-state index in [4.69, 9.17) is 20.8 Å². The molecule has 5 rings (SSSR count). The molecule has 0 aliphatic carbocycles. The quantitative estimate of drug-likeness (QED) is 0.537. The Kier molecular flexibility index (Phi) is 4.45. The summed E-state index contributed by atoms with van der Waals surface area (Å²) in [5.41, 5.74) is 3.67. The zero-order chi connectivity index (χ0) is 18.2. The fraction of sp³-hybridized carbons (Fsp3) is 0.263. The lowest BCUT2D eigenvalue weighted by Crippen LogP contribution is -2.35. The van der Waals surface area contributed by atoms with Crippen molar-refractivity contribution in [2.45, 2.75) is 6.54 Å². The predicted octanol–water partition coefficient (Wildman–Crippen LogP) is 4.67. The maximum absolute atomic E-state index is 6.00. The number of fused-ring (bicyclic) bond motifs is 2. The smallest absolute Gasteiger partial charge is 0.302 e. The van der Waals surface area contributed by atoms with E-state index in [-0.39, 0.29) is 0 Å². The Labute approximate surface area is 164 Å². The third kappa shape index (κ3) is 3.64. The molecule has 2 aromatic heterocycles. The van der Waals surface area contributed by atoms with Crippen molar-refractivity contribution >= 4 is 55.4 Å². The van der Waals surface area contributed by atoms with Crippen LogP contribution in [0.4, 0.5) is 11.1 Å². The number of anilines is 2. The molecule has 0 unspecified atom stereocenters. The minimum Gasteiger partial charge on any atom is -0.423 e. The second-order valence-electron chi connectivity index (χ2n) is 6.47. The first-order chi connectivity index (χ1) is 13.2. The number of ether oxygens (including phenoxy) is 1. The molecule has 0 radical (unpaired) electrons. The molecular formula is C19H17ClN4O2S. The van der Waals surface area contributed by atoms with Gasteiger partial charge in [-0.1, -0.05) is 29.0 Å². The predicted molar refractivity (Wildman–Crippen MR) is 108 cm³/mol. The van der Waals surface area contributed by atoms with Crippen molar-refractivity contribution in [3.8, 4) is 0 Å². The van der Waals surface area contributed by atoms with Crippen LogP contribution in [0.15, 0.2) is 40.8 Å². The molecule has 6 nitrogen and oxygen atoms in total. The third-order valence-electron chi connectivity index (χ3n) is 4.53. The van der Waals surface area contributed by atoms with Gasteiger partial charge in [-0.15, -0.1) is 0 Å². The highest BCUT2D eigenvalue weighted by Gasteiger charge is 2.13. The number of hydrogen-bond acceptors (Lipinski definition) is 7. The molecule has 1 N–H and O–H groups in total. The maximum Gasteiger partial charge on any atom is 0.302 e. The summed E-state index contributed by atoms with van der Waals surface area (Å²) in [7, 11) is 0. The van der Waals surface area contributed by atoms with Gasteiger partial charge < -0.3 is 9.15 Å². The molecule has 1 aliphatic rings. The van der Waals surface area contributed by atoms with E-state index in [0.717, 1.165) is 53.7 Å². The third-order valence-corrected chi connectivity index (χ3v) is 5.69. The van der Waals surface area contributed by atoms with Gasteiger partial charge in [0.05, 0.1) is 23.4 Å². The van der Waals surface area contributed by atoms with Crippen molar-refractivity contribution in [1.82, 2.24) is 14.9 Å². The molecule has 138 valence electrons. The van der Waals surface area contributed by atoms with E-state index < -0.39 is 0 Å². The molecule has 8 heteroatoms. The van der Waals surface area contributed by atoms with Crippen molar-refractivity contribution in [3.63, 3.8) is 0 Å². The Hall–Kier alpha value is -2.19. The lowest BCUT2D eigenvalue weighted by Gasteiger charge is -2.26. The molecule has 0 spiro atoms. The molecule has 0 atom stereocenters. The van der Waals surface area contributed by atoms with Gasteiger partial charge in [0.25, 0.3) is 0 Å². The number of benzene rings is 2. The van der Waals surface area contributed by atoms with Gasteiger partial charge in [-0.05, 0) is 35.9 Å². The van der Waals surface area contributed by atoms with Crippen LogP contribution in [0.2, 0.25) is 5.02 Å². The Balaban J connectivity index is 1.36. The van der Waals surface area contributed by atoms with Crippen LogP contribution in [-0.2, 0) is 11.3 Å². The van der Waals surface area contributed by atoms with Crippen LogP contribution in [0, 0.1) is 0 Å². The number of hydrogen-bond donors (Lipinski definition) is 1. The molecule has 27 heavy (non-hydrogen) atoms.